The van der Waals surface area contributed by atoms with Gasteiger partial charge in [-0.15, -0.1) is 0 Å². The number of hydrogen-bond donors (Lipinski definition) is 0. The Morgan fingerprint density at radius 2 is 1.87 bits per heavy atom. The van der Waals surface area contributed by atoms with Gasteiger partial charge in [0.2, 0.25) is 0 Å². The second-order valence-corrected chi connectivity index (χ2v) is 6.53. The minimum atomic E-state index is 0.694. The summed E-state index contributed by atoms with van der Waals surface area (Å²) >= 11 is 1.91. The molecule has 0 saturated heterocycles. The highest BCUT2D eigenvalue weighted by Crippen LogP contribution is 2.31. The normalized spacial score (nSPS) is 13.1. The molecule has 0 radical (unpaired) electrons. The summed E-state index contributed by atoms with van der Waals surface area (Å²) in [6.45, 7) is 3.77. The van der Waals surface area contributed by atoms with E-state index in [-0.39, 0.29) is 0 Å². The first-order valence-corrected chi connectivity index (χ1v) is 8.92. The van der Waals surface area contributed by atoms with Gasteiger partial charge in [-0.1, -0.05) is 30.3 Å². The molecular weight excluding hydrogens is 304 g/mol. The molecule has 0 aliphatic carbocycles. The first-order valence-electron chi connectivity index (χ1n) is 7.93. The van der Waals surface area contributed by atoms with Crippen molar-refractivity contribution in [3.05, 3.63) is 60.8 Å². The van der Waals surface area contributed by atoms with Crippen molar-refractivity contribution in [2.45, 2.75) is 18.6 Å². The monoisotopic (exact) mass is 323 g/mol. The van der Waals surface area contributed by atoms with Gasteiger partial charge in [0.05, 0.1) is 6.61 Å². The van der Waals surface area contributed by atoms with Gasteiger partial charge in [0.1, 0.15) is 24.2 Å². The number of thioether (sulfide) groups is 1. The van der Waals surface area contributed by atoms with Crippen molar-refractivity contribution >= 4 is 11.8 Å². The fraction of sp³-hybridized carbons (Fsp3) is 0.211. The molecule has 3 aromatic rings. The maximum atomic E-state index is 5.57. The summed E-state index contributed by atoms with van der Waals surface area (Å²) in [6.07, 6.45) is 2.27. The molecule has 0 unspecified atom stereocenters. The number of benzene rings is 2. The summed E-state index contributed by atoms with van der Waals surface area (Å²) in [7, 11) is 0. The highest BCUT2D eigenvalue weighted by Gasteiger charge is 2.30. The largest absolute Gasteiger partial charge is 0.494 e. The van der Waals surface area contributed by atoms with Gasteiger partial charge in [0.15, 0.2) is 5.69 Å². The quantitative estimate of drug-likeness (QED) is 0.677. The van der Waals surface area contributed by atoms with Crippen molar-refractivity contribution in [2.24, 2.45) is 0 Å². The highest BCUT2D eigenvalue weighted by molar-refractivity contribution is 7.99. The van der Waals surface area contributed by atoms with Gasteiger partial charge in [-0.2, -0.15) is 4.57 Å². The molecule has 1 aromatic heterocycles. The number of imidazole rings is 1. The molecular formula is C19H19N2OS+. The zero-order valence-electron chi connectivity index (χ0n) is 13.1. The Labute approximate surface area is 140 Å². The van der Waals surface area contributed by atoms with Crippen LogP contribution in [0.5, 0.6) is 5.75 Å². The molecule has 0 amide bonds. The van der Waals surface area contributed by atoms with Crippen molar-refractivity contribution in [1.82, 2.24) is 4.57 Å². The van der Waals surface area contributed by atoms with Crippen LogP contribution in [0.25, 0.3) is 16.9 Å². The van der Waals surface area contributed by atoms with E-state index in [2.05, 4.69) is 57.8 Å². The molecule has 116 valence electrons. The van der Waals surface area contributed by atoms with Crippen LogP contribution in [0.4, 0.5) is 0 Å². The Morgan fingerprint density at radius 1 is 1.09 bits per heavy atom. The van der Waals surface area contributed by atoms with Crippen LogP contribution in [-0.2, 0) is 6.54 Å². The SMILES string of the molecule is CCOc1ccc(-n2c(-c3ccccc3)c[n+]3c2SCC3)cc1. The Balaban J connectivity index is 1.83. The highest BCUT2D eigenvalue weighted by atomic mass is 32.2. The fourth-order valence-electron chi connectivity index (χ4n) is 2.96. The summed E-state index contributed by atoms with van der Waals surface area (Å²) < 4.78 is 10.3. The van der Waals surface area contributed by atoms with Crippen molar-refractivity contribution in [2.75, 3.05) is 12.4 Å². The van der Waals surface area contributed by atoms with Crippen LogP contribution in [-0.4, -0.2) is 16.9 Å². The Bertz CT molecular complexity index is 809. The van der Waals surface area contributed by atoms with Gasteiger partial charge >= 0.3 is 5.16 Å². The first-order chi connectivity index (χ1) is 11.4. The molecule has 0 bridgehead atoms. The van der Waals surface area contributed by atoms with Gasteiger partial charge in [0.25, 0.3) is 0 Å². The van der Waals surface area contributed by atoms with Crippen LogP contribution in [0.1, 0.15) is 6.92 Å². The van der Waals surface area contributed by atoms with E-state index in [1.165, 1.54) is 22.1 Å². The molecule has 4 rings (SSSR count). The van der Waals surface area contributed by atoms with Crippen LogP contribution in [0.15, 0.2) is 66.0 Å². The molecule has 3 nitrogen and oxygen atoms in total. The average Bonchev–Trinajstić information content (AvgIpc) is 3.18. The molecule has 0 atom stereocenters. The Morgan fingerprint density at radius 3 is 2.61 bits per heavy atom. The Kier molecular flexibility index (Phi) is 3.83. The predicted molar refractivity (Wildman–Crippen MR) is 93.3 cm³/mol. The minimum Gasteiger partial charge on any atom is -0.494 e. The molecule has 4 heteroatoms. The zero-order valence-corrected chi connectivity index (χ0v) is 13.9. The maximum Gasteiger partial charge on any atom is 0.323 e. The number of hydrogen-bond acceptors (Lipinski definition) is 2. The predicted octanol–water partition coefficient (Wildman–Crippen LogP) is 3.94. The molecule has 1 aliphatic rings. The topological polar surface area (TPSA) is 18.0 Å². The van der Waals surface area contributed by atoms with E-state index in [0.29, 0.717) is 6.61 Å². The summed E-state index contributed by atoms with van der Waals surface area (Å²) in [5.74, 6) is 2.06. The summed E-state index contributed by atoms with van der Waals surface area (Å²) in [5.41, 5.74) is 3.65. The average molecular weight is 323 g/mol. The second kappa shape index (κ2) is 6.13. The number of aryl methyl sites for hydroxylation is 1. The lowest BCUT2D eigenvalue weighted by molar-refractivity contribution is -0.723. The molecule has 0 fully saturated rings. The minimum absolute atomic E-state index is 0.694. The van der Waals surface area contributed by atoms with E-state index in [4.69, 9.17) is 4.74 Å². The van der Waals surface area contributed by atoms with Gasteiger partial charge in [-0.25, -0.2) is 4.57 Å². The van der Waals surface area contributed by atoms with Gasteiger partial charge in [-0.05, 0) is 43.0 Å². The lowest BCUT2D eigenvalue weighted by Gasteiger charge is -2.06. The van der Waals surface area contributed by atoms with Crippen LogP contribution >= 0.6 is 11.8 Å². The standard InChI is InChI=1S/C19H19N2OS/c1-2-22-17-10-8-16(9-11-17)21-18(15-6-4-3-5-7-15)14-20-12-13-23-19(20)21/h3-11,14H,2,12-13H2,1H3/q+1. The second-order valence-electron chi connectivity index (χ2n) is 5.47. The molecule has 1 aliphatic heterocycles. The first kappa shape index (κ1) is 14.4. The number of nitrogens with zero attached hydrogens (tertiary/aromatic N) is 2. The van der Waals surface area contributed by atoms with E-state index in [1.54, 1.807) is 0 Å². The van der Waals surface area contributed by atoms with Crippen LogP contribution < -0.4 is 9.30 Å². The van der Waals surface area contributed by atoms with Gasteiger partial charge < -0.3 is 4.74 Å². The number of rotatable bonds is 4. The lowest BCUT2D eigenvalue weighted by atomic mass is 10.1. The summed E-state index contributed by atoms with van der Waals surface area (Å²) in [6, 6.07) is 18.9. The van der Waals surface area contributed by atoms with E-state index < -0.39 is 0 Å². The third-order valence-electron chi connectivity index (χ3n) is 3.99. The Hall–Kier alpha value is -2.20. The third kappa shape index (κ3) is 2.63. The van der Waals surface area contributed by atoms with E-state index >= 15 is 0 Å². The number of fused-ring (bicyclic) bond motifs is 1. The molecule has 2 aromatic carbocycles. The number of ether oxygens (including phenoxy) is 1. The summed E-state index contributed by atoms with van der Waals surface area (Å²) in [4.78, 5) is 0. The van der Waals surface area contributed by atoms with Crippen molar-refractivity contribution in [3.63, 3.8) is 0 Å². The van der Waals surface area contributed by atoms with Crippen LogP contribution in [0.2, 0.25) is 0 Å². The maximum absolute atomic E-state index is 5.57. The van der Waals surface area contributed by atoms with Crippen LogP contribution in [0, 0.1) is 0 Å². The van der Waals surface area contributed by atoms with Crippen molar-refractivity contribution in [1.29, 1.82) is 0 Å². The lowest BCUT2D eigenvalue weighted by Crippen LogP contribution is -2.30. The smallest absolute Gasteiger partial charge is 0.323 e. The van der Waals surface area contributed by atoms with E-state index in [0.717, 1.165) is 18.0 Å². The third-order valence-corrected chi connectivity index (χ3v) is 5.06. The molecule has 0 N–H and O–H groups in total. The molecule has 23 heavy (non-hydrogen) atoms. The molecule has 2 heterocycles. The molecule has 0 saturated carbocycles. The van der Waals surface area contributed by atoms with Gasteiger partial charge in [0, 0.05) is 11.3 Å². The zero-order chi connectivity index (χ0) is 15.6. The van der Waals surface area contributed by atoms with Crippen molar-refractivity contribution < 1.29 is 9.30 Å². The summed E-state index contributed by atoms with van der Waals surface area (Å²) in [5, 5.41) is 1.30. The van der Waals surface area contributed by atoms with Crippen molar-refractivity contribution in [3.8, 4) is 22.7 Å². The van der Waals surface area contributed by atoms with E-state index in [1.807, 2.05) is 30.8 Å². The molecule has 0 spiro atoms. The fourth-order valence-corrected chi connectivity index (χ4v) is 4.07. The van der Waals surface area contributed by atoms with E-state index in [9.17, 15) is 0 Å². The number of aromatic nitrogens is 2. The van der Waals surface area contributed by atoms with Gasteiger partial charge in [-0.3, -0.25) is 0 Å². The van der Waals surface area contributed by atoms with Crippen LogP contribution in [0.3, 0.4) is 0 Å².